The fraction of sp³-hybridized carbons (Fsp3) is 0.125. The topological polar surface area (TPSA) is 61.8 Å². The molecule has 0 radical (unpaired) electrons. The molecule has 0 saturated heterocycles. The van der Waals surface area contributed by atoms with E-state index in [0.29, 0.717) is 13.2 Å². The molecular weight excluding hydrogens is 364 g/mol. The van der Waals surface area contributed by atoms with E-state index >= 15 is 0 Å². The van der Waals surface area contributed by atoms with Crippen molar-refractivity contribution in [1.29, 1.82) is 0 Å². The van der Waals surface area contributed by atoms with E-state index in [9.17, 15) is 9.90 Å². The van der Waals surface area contributed by atoms with E-state index in [4.69, 9.17) is 4.74 Å². The van der Waals surface area contributed by atoms with Gasteiger partial charge in [-0.1, -0.05) is 60.7 Å². The van der Waals surface area contributed by atoms with Crippen molar-refractivity contribution in [3.8, 4) is 5.75 Å². The molecule has 2 N–H and O–H groups in total. The SMILES string of the molecule is O=C(O)C1C=C(c2ccc(OCc3ccccc3)cc2)N(Cc2ccccc2)N1. The highest BCUT2D eigenvalue weighted by molar-refractivity contribution is 5.81. The lowest BCUT2D eigenvalue weighted by Gasteiger charge is -2.23. The van der Waals surface area contributed by atoms with Gasteiger partial charge in [0.05, 0.1) is 12.2 Å². The Hall–Kier alpha value is -3.57. The van der Waals surface area contributed by atoms with Crippen LogP contribution in [-0.4, -0.2) is 22.1 Å². The van der Waals surface area contributed by atoms with Gasteiger partial charge in [0.25, 0.3) is 0 Å². The van der Waals surface area contributed by atoms with Crippen LogP contribution >= 0.6 is 0 Å². The van der Waals surface area contributed by atoms with E-state index < -0.39 is 12.0 Å². The molecule has 1 aliphatic rings. The minimum Gasteiger partial charge on any atom is -0.489 e. The fourth-order valence-corrected chi connectivity index (χ4v) is 3.26. The van der Waals surface area contributed by atoms with E-state index in [1.807, 2.05) is 89.9 Å². The van der Waals surface area contributed by atoms with Crippen molar-refractivity contribution in [3.63, 3.8) is 0 Å². The third-order valence-corrected chi connectivity index (χ3v) is 4.76. The van der Waals surface area contributed by atoms with Gasteiger partial charge in [-0.3, -0.25) is 4.79 Å². The first kappa shape index (κ1) is 18.8. The van der Waals surface area contributed by atoms with Crippen LogP contribution in [0.15, 0.2) is 91.0 Å². The Balaban J connectivity index is 1.49. The normalized spacial score (nSPS) is 15.8. The van der Waals surface area contributed by atoms with Crippen molar-refractivity contribution in [1.82, 2.24) is 10.4 Å². The largest absolute Gasteiger partial charge is 0.489 e. The Labute approximate surface area is 169 Å². The maximum Gasteiger partial charge on any atom is 0.326 e. The van der Waals surface area contributed by atoms with Crippen LogP contribution in [-0.2, 0) is 17.9 Å². The van der Waals surface area contributed by atoms with Gasteiger partial charge in [-0.15, -0.1) is 0 Å². The number of ether oxygens (including phenoxy) is 1. The summed E-state index contributed by atoms with van der Waals surface area (Å²) in [5, 5.41) is 11.3. The molecule has 0 aliphatic carbocycles. The van der Waals surface area contributed by atoms with Crippen molar-refractivity contribution < 1.29 is 14.6 Å². The summed E-state index contributed by atoms with van der Waals surface area (Å²) in [4.78, 5) is 11.5. The van der Waals surface area contributed by atoms with Gasteiger partial charge in [-0.05, 0) is 47.0 Å². The molecule has 4 rings (SSSR count). The van der Waals surface area contributed by atoms with E-state index in [1.54, 1.807) is 6.08 Å². The molecule has 3 aromatic rings. The second kappa shape index (κ2) is 8.63. The quantitative estimate of drug-likeness (QED) is 0.641. The Bertz CT molecular complexity index is 986. The van der Waals surface area contributed by atoms with Gasteiger partial charge in [0, 0.05) is 0 Å². The van der Waals surface area contributed by atoms with Crippen molar-refractivity contribution in [2.24, 2.45) is 0 Å². The number of aliphatic carboxylic acids is 1. The standard InChI is InChI=1S/C24H22N2O3/c27-24(28)22-15-23(26(25-22)16-18-7-3-1-4-8-18)20-11-13-21(14-12-20)29-17-19-9-5-2-6-10-19/h1-15,22,25H,16-17H2,(H,27,28). The monoisotopic (exact) mass is 386 g/mol. The third-order valence-electron chi connectivity index (χ3n) is 4.76. The molecule has 146 valence electrons. The molecule has 5 nitrogen and oxygen atoms in total. The molecule has 0 spiro atoms. The zero-order valence-corrected chi connectivity index (χ0v) is 15.9. The molecule has 1 atom stereocenters. The first-order valence-electron chi connectivity index (χ1n) is 9.48. The van der Waals surface area contributed by atoms with Crippen molar-refractivity contribution >= 4 is 11.7 Å². The highest BCUT2D eigenvalue weighted by Gasteiger charge is 2.28. The number of carbonyl (C=O) groups is 1. The number of nitrogens with zero attached hydrogens (tertiary/aromatic N) is 1. The first-order chi connectivity index (χ1) is 14.2. The number of benzene rings is 3. The average Bonchev–Trinajstić information content (AvgIpc) is 3.18. The third kappa shape index (κ3) is 4.65. The molecule has 0 bridgehead atoms. The number of carboxylic acids is 1. The molecule has 3 aromatic carbocycles. The van der Waals surface area contributed by atoms with Crippen molar-refractivity contribution in [3.05, 3.63) is 108 Å². The average molecular weight is 386 g/mol. The van der Waals surface area contributed by atoms with E-state index in [2.05, 4.69) is 5.43 Å². The molecule has 0 amide bonds. The molecule has 0 fully saturated rings. The van der Waals surface area contributed by atoms with Gasteiger partial charge < -0.3 is 14.9 Å². The predicted molar refractivity (Wildman–Crippen MR) is 112 cm³/mol. The van der Waals surface area contributed by atoms with Gasteiger partial charge in [-0.25, -0.2) is 5.43 Å². The number of hydrazine groups is 1. The van der Waals surface area contributed by atoms with Crippen molar-refractivity contribution in [2.45, 2.75) is 19.2 Å². The lowest BCUT2D eigenvalue weighted by atomic mass is 10.1. The van der Waals surface area contributed by atoms with Gasteiger partial charge >= 0.3 is 5.97 Å². The zero-order valence-electron chi connectivity index (χ0n) is 15.9. The van der Waals surface area contributed by atoms with Crippen LogP contribution in [0.2, 0.25) is 0 Å². The molecule has 1 heterocycles. The summed E-state index contributed by atoms with van der Waals surface area (Å²) in [6.45, 7) is 1.08. The van der Waals surface area contributed by atoms with Crippen LogP contribution < -0.4 is 10.2 Å². The Morgan fingerprint density at radius 3 is 2.14 bits per heavy atom. The van der Waals surface area contributed by atoms with Crippen molar-refractivity contribution in [2.75, 3.05) is 0 Å². The van der Waals surface area contributed by atoms with E-state index in [-0.39, 0.29) is 0 Å². The second-order valence-corrected chi connectivity index (χ2v) is 6.87. The Morgan fingerprint density at radius 1 is 0.897 bits per heavy atom. The molecule has 1 aliphatic heterocycles. The molecule has 5 heteroatoms. The van der Waals surface area contributed by atoms with Crippen LogP contribution in [0.1, 0.15) is 16.7 Å². The predicted octanol–water partition coefficient (Wildman–Crippen LogP) is 4.08. The Kier molecular flexibility index (Phi) is 5.59. The number of hydrogen-bond acceptors (Lipinski definition) is 4. The minimum atomic E-state index is -0.902. The van der Waals surface area contributed by atoms with Crippen LogP contribution in [0.25, 0.3) is 5.70 Å². The number of carboxylic acid groups (broad SMARTS) is 1. The van der Waals surface area contributed by atoms with Gasteiger partial charge in [0.1, 0.15) is 18.4 Å². The lowest BCUT2D eigenvalue weighted by molar-refractivity contribution is -0.138. The summed E-state index contributed by atoms with van der Waals surface area (Å²) < 4.78 is 5.85. The summed E-state index contributed by atoms with van der Waals surface area (Å²) in [5.41, 5.74) is 7.04. The highest BCUT2D eigenvalue weighted by Crippen LogP contribution is 2.27. The molecule has 29 heavy (non-hydrogen) atoms. The maximum atomic E-state index is 11.5. The molecule has 0 saturated carbocycles. The summed E-state index contributed by atoms with van der Waals surface area (Å²) in [6.07, 6.45) is 1.74. The summed E-state index contributed by atoms with van der Waals surface area (Å²) in [5.74, 6) is -0.130. The van der Waals surface area contributed by atoms with Gasteiger partial charge in [-0.2, -0.15) is 0 Å². The number of nitrogens with one attached hydrogen (secondary N) is 1. The van der Waals surface area contributed by atoms with E-state index in [1.165, 1.54) is 0 Å². The smallest absolute Gasteiger partial charge is 0.326 e. The van der Waals surface area contributed by atoms with Gasteiger partial charge in [0.2, 0.25) is 0 Å². The van der Waals surface area contributed by atoms with Crippen LogP contribution in [0, 0.1) is 0 Å². The highest BCUT2D eigenvalue weighted by atomic mass is 16.5. The zero-order chi connectivity index (χ0) is 20.1. The number of hydrogen-bond donors (Lipinski definition) is 2. The van der Waals surface area contributed by atoms with Crippen LogP contribution in [0.4, 0.5) is 0 Å². The minimum absolute atomic E-state index is 0.506. The number of rotatable bonds is 7. The summed E-state index contributed by atoms with van der Waals surface area (Å²) >= 11 is 0. The molecule has 1 unspecified atom stereocenters. The van der Waals surface area contributed by atoms with Crippen LogP contribution in [0.5, 0.6) is 5.75 Å². The summed E-state index contributed by atoms with van der Waals surface area (Å²) in [7, 11) is 0. The lowest BCUT2D eigenvalue weighted by Crippen LogP contribution is -2.40. The Morgan fingerprint density at radius 2 is 1.52 bits per heavy atom. The van der Waals surface area contributed by atoms with Gasteiger partial charge in [0.15, 0.2) is 0 Å². The van der Waals surface area contributed by atoms with Crippen LogP contribution in [0.3, 0.4) is 0 Å². The fourth-order valence-electron chi connectivity index (χ4n) is 3.26. The van der Waals surface area contributed by atoms with E-state index in [0.717, 1.165) is 28.1 Å². The molecule has 0 aromatic heterocycles. The maximum absolute atomic E-state index is 11.5. The molecular formula is C24H22N2O3. The second-order valence-electron chi connectivity index (χ2n) is 6.87. The summed E-state index contributed by atoms with van der Waals surface area (Å²) in [6, 6.07) is 26.9. The first-order valence-corrected chi connectivity index (χ1v) is 9.48.